The average molecular weight is 396 g/mol. The molecule has 3 rings (SSSR count). The van der Waals surface area contributed by atoms with Crippen molar-refractivity contribution in [3.8, 4) is 5.75 Å². The molecule has 6 heteroatoms. The summed E-state index contributed by atoms with van der Waals surface area (Å²) >= 11 is 0. The first-order valence-corrected chi connectivity index (χ1v) is 9.96. The summed E-state index contributed by atoms with van der Waals surface area (Å²) in [6.07, 6.45) is 1.43. The number of rotatable bonds is 7. The fraction of sp³-hybridized carbons (Fsp3) is 0.391. The van der Waals surface area contributed by atoms with Gasteiger partial charge in [0.2, 0.25) is 5.91 Å². The van der Waals surface area contributed by atoms with Crippen molar-refractivity contribution in [2.24, 2.45) is 0 Å². The molecule has 0 radical (unpaired) electrons. The summed E-state index contributed by atoms with van der Waals surface area (Å²) in [7, 11) is 1.52. The first-order chi connectivity index (χ1) is 14.1. The molecular formula is C23H28N2O4. The van der Waals surface area contributed by atoms with Gasteiger partial charge in [-0.25, -0.2) is 0 Å². The predicted molar refractivity (Wildman–Crippen MR) is 111 cm³/mol. The van der Waals surface area contributed by atoms with Gasteiger partial charge in [0.15, 0.2) is 0 Å². The summed E-state index contributed by atoms with van der Waals surface area (Å²) < 4.78 is 11.1. The monoisotopic (exact) mass is 396 g/mol. The number of hydrogen-bond acceptors (Lipinski definition) is 4. The molecule has 6 nitrogen and oxygen atoms in total. The van der Waals surface area contributed by atoms with Crippen molar-refractivity contribution in [1.29, 1.82) is 0 Å². The summed E-state index contributed by atoms with van der Waals surface area (Å²) in [6.45, 7) is 3.33. The van der Waals surface area contributed by atoms with Gasteiger partial charge in [0.05, 0.1) is 11.6 Å². The van der Waals surface area contributed by atoms with Crippen molar-refractivity contribution < 1.29 is 19.1 Å². The van der Waals surface area contributed by atoms with Crippen molar-refractivity contribution in [2.45, 2.75) is 31.9 Å². The molecule has 29 heavy (non-hydrogen) atoms. The number of piperidine rings is 1. The van der Waals surface area contributed by atoms with E-state index in [2.05, 4.69) is 5.32 Å². The molecule has 1 saturated heterocycles. The summed E-state index contributed by atoms with van der Waals surface area (Å²) in [4.78, 5) is 26.6. The Morgan fingerprint density at radius 2 is 1.72 bits per heavy atom. The van der Waals surface area contributed by atoms with E-state index in [1.165, 1.54) is 7.11 Å². The van der Waals surface area contributed by atoms with Crippen LogP contribution in [0.2, 0.25) is 0 Å². The summed E-state index contributed by atoms with van der Waals surface area (Å²) in [5.74, 6) is 0.414. The number of likely N-dealkylation sites (tertiary alicyclic amines) is 1. The third-order valence-electron chi connectivity index (χ3n) is 5.13. The summed E-state index contributed by atoms with van der Waals surface area (Å²) in [5, 5.41) is 3.04. The molecule has 0 spiro atoms. The molecule has 1 unspecified atom stereocenters. The van der Waals surface area contributed by atoms with E-state index < -0.39 is 0 Å². The van der Waals surface area contributed by atoms with Crippen LogP contribution in [-0.4, -0.2) is 49.6 Å². The van der Waals surface area contributed by atoms with E-state index in [9.17, 15) is 9.59 Å². The second kappa shape index (κ2) is 10.1. The fourth-order valence-corrected chi connectivity index (χ4v) is 3.47. The molecule has 0 aliphatic carbocycles. The molecule has 2 amide bonds. The molecule has 1 atom stereocenters. The van der Waals surface area contributed by atoms with E-state index in [1.807, 2.05) is 55.5 Å². The number of methoxy groups -OCH3 is 1. The van der Waals surface area contributed by atoms with Gasteiger partial charge in [-0.15, -0.1) is 0 Å². The van der Waals surface area contributed by atoms with Crippen LogP contribution in [0.5, 0.6) is 5.75 Å². The van der Waals surface area contributed by atoms with Crippen molar-refractivity contribution in [1.82, 2.24) is 10.2 Å². The third-order valence-corrected chi connectivity index (χ3v) is 5.13. The number of nitrogens with zero attached hydrogens (tertiary/aromatic N) is 1. The number of para-hydroxylation sites is 1. The molecule has 1 N–H and O–H groups in total. The Balaban J connectivity index is 1.61. The van der Waals surface area contributed by atoms with Crippen LogP contribution in [-0.2, 0) is 9.53 Å². The smallest absolute Gasteiger partial charge is 0.255 e. The van der Waals surface area contributed by atoms with Gasteiger partial charge in [-0.1, -0.05) is 42.5 Å². The standard InChI is InChI=1S/C23H28N2O4/c1-17(18-8-4-3-5-9-18)24-23(27)20-10-6-7-11-21(20)29-19-12-14-25(15-13-19)22(26)16-28-2/h3-11,17,19H,12-16H2,1-2H3,(H,24,27). The van der Waals surface area contributed by atoms with Crippen LogP contribution in [0.15, 0.2) is 54.6 Å². The number of carbonyl (C=O) groups excluding carboxylic acids is 2. The maximum absolute atomic E-state index is 12.8. The van der Waals surface area contributed by atoms with Gasteiger partial charge < -0.3 is 19.7 Å². The number of amides is 2. The van der Waals surface area contributed by atoms with Crippen molar-refractivity contribution in [3.63, 3.8) is 0 Å². The van der Waals surface area contributed by atoms with Gasteiger partial charge in [-0.05, 0) is 24.6 Å². The third kappa shape index (κ3) is 5.57. The van der Waals surface area contributed by atoms with Gasteiger partial charge >= 0.3 is 0 Å². The minimum absolute atomic E-state index is 0.000581. The molecule has 0 saturated carbocycles. The number of ether oxygens (including phenoxy) is 2. The molecule has 0 aromatic heterocycles. The Morgan fingerprint density at radius 1 is 1.07 bits per heavy atom. The lowest BCUT2D eigenvalue weighted by atomic mass is 10.1. The van der Waals surface area contributed by atoms with Crippen LogP contribution in [0.4, 0.5) is 0 Å². The first kappa shape index (κ1) is 20.9. The van der Waals surface area contributed by atoms with Crippen LogP contribution in [0.25, 0.3) is 0 Å². The number of nitrogens with one attached hydrogen (secondary N) is 1. The van der Waals surface area contributed by atoms with Crippen molar-refractivity contribution >= 4 is 11.8 Å². The number of hydrogen-bond donors (Lipinski definition) is 1. The maximum atomic E-state index is 12.8. The van der Waals surface area contributed by atoms with Crippen LogP contribution in [0.3, 0.4) is 0 Å². The first-order valence-electron chi connectivity index (χ1n) is 9.96. The molecule has 2 aromatic carbocycles. The second-order valence-electron chi connectivity index (χ2n) is 7.23. The van der Waals surface area contributed by atoms with Crippen LogP contribution in [0.1, 0.15) is 41.7 Å². The Kier molecular flexibility index (Phi) is 7.25. The summed E-state index contributed by atoms with van der Waals surface area (Å²) in [5.41, 5.74) is 1.57. The highest BCUT2D eigenvalue weighted by Crippen LogP contribution is 2.24. The number of benzene rings is 2. The lowest BCUT2D eigenvalue weighted by Gasteiger charge is -2.32. The van der Waals surface area contributed by atoms with E-state index in [4.69, 9.17) is 9.47 Å². The van der Waals surface area contributed by atoms with E-state index in [0.717, 1.165) is 18.4 Å². The highest BCUT2D eigenvalue weighted by atomic mass is 16.5. The maximum Gasteiger partial charge on any atom is 0.255 e. The highest BCUT2D eigenvalue weighted by Gasteiger charge is 2.25. The normalized spacial score (nSPS) is 15.6. The van der Waals surface area contributed by atoms with Crippen molar-refractivity contribution in [3.05, 3.63) is 65.7 Å². The van der Waals surface area contributed by atoms with E-state index >= 15 is 0 Å². The van der Waals surface area contributed by atoms with Crippen LogP contribution < -0.4 is 10.1 Å². The average Bonchev–Trinajstić information content (AvgIpc) is 2.75. The van der Waals surface area contributed by atoms with Gasteiger partial charge in [0.1, 0.15) is 18.5 Å². The van der Waals surface area contributed by atoms with Crippen LogP contribution >= 0.6 is 0 Å². The molecule has 2 aromatic rings. The zero-order chi connectivity index (χ0) is 20.6. The van der Waals surface area contributed by atoms with Gasteiger partial charge in [0.25, 0.3) is 5.91 Å². The number of carbonyl (C=O) groups is 2. The SMILES string of the molecule is COCC(=O)N1CCC(Oc2ccccc2C(=O)NC(C)c2ccccc2)CC1. The lowest BCUT2D eigenvalue weighted by molar-refractivity contribution is -0.136. The molecule has 1 fully saturated rings. The molecule has 1 aliphatic heterocycles. The van der Waals surface area contributed by atoms with Crippen LogP contribution in [0, 0.1) is 0 Å². The topological polar surface area (TPSA) is 67.9 Å². The quantitative estimate of drug-likeness (QED) is 0.780. The molecule has 1 aliphatic rings. The Labute approximate surface area is 171 Å². The van der Waals surface area contributed by atoms with E-state index in [1.54, 1.807) is 11.0 Å². The second-order valence-corrected chi connectivity index (χ2v) is 7.23. The molecule has 1 heterocycles. The van der Waals surface area contributed by atoms with E-state index in [0.29, 0.717) is 24.4 Å². The van der Waals surface area contributed by atoms with Gasteiger partial charge in [-0.3, -0.25) is 9.59 Å². The Bertz CT molecular complexity index is 817. The van der Waals surface area contributed by atoms with Crippen molar-refractivity contribution in [2.75, 3.05) is 26.8 Å². The summed E-state index contributed by atoms with van der Waals surface area (Å²) in [6, 6.07) is 17.0. The van der Waals surface area contributed by atoms with Gasteiger partial charge in [-0.2, -0.15) is 0 Å². The minimum atomic E-state index is -0.162. The Hall–Kier alpha value is -2.86. The fourth-order valence-electron chi connectivity index (χ4n) is 3.47. The zero-order valence-corrected chi connectivity index (χ0v) is 17.0. The van der Waals surface area contributed by atoms with Gasteiger partial charge in [0, 0.05) is 33.0 Å². The largest absolute Gasteiger partial charge is 0.489 e. The zero-order valence-electron chi connectivity index (χ0n) is 17.0. The molecular weight excluding hydrogens is 368 g/mol. The predicted octanol–water partition coefficient (Wildman–Crippen LogP) is 3.19. The Morgan fingerprint density at radius 3 is 2.41 bits per heavy atom. The molecule has 154 valence electrons. The lowest BCUT2D eigenvalue weighted by Crippen LogP contribution is -2.43. The molecule has 0 bridgehead atoms. The minimum Gasteiger partial charge on any atom is -0.489 e. The van der Waals surface area contributed by atoms with E-state index in [-0.39, 0.29) is 30.6 Å². The highest BCUT2D eigenvalue weighted by molar-refractivity contribution is 5.97.